The van der Waals surface area contributed by atoms with Crippen LogP contribution in [-0.4, -0.2) is 60.6 Å². The molecule has 0 radical (unpaired) electrons. The van der Waals surface area contributed by atoms with Crippen LogP contribution in [0.2, 0.25) is 0 Å². The number of ether oxygens (including phenoxy) is 1. The predicted octanol–water partition coefficient (Wildman–Crippen LogP) is 1.52. The number of hydrogen-bond donors (Lipinski definition) is 1. The van der Waals surface area contributed by atoms with Crippen LogP contribution in [0.1, 0.15) is 22.0 Å². The Bertz CT molecular complexity index is 773. The van der Waals surface area contributed by atoms with Crippen LogP contribution in [0.3, 0.4) is 0 Å². The minimum atomic E-state index is -0.366. The van der Waals surface area contributed by atoms with Crippen LogP contribution < -0.4 is 5.56 Å². The van der Waals surface area contributed by atoms with Gasteiger partial charge in [0.05, 0.1) is 18.8 Å². The number of nitrogens with zero attached hydrogens (tertiary/aromatic N) is 2. The number of carbonyl (C=O) groups excluding carboxylic acids is 1. The van der Waals surface area contributed by atoms with Gasteiger partial charge in [-0.15, -0.1) is 0 Å². The van der Waals surface area contributed by atoms with Gasteiger partial charge in [-0.1, -0.05) is 30.3 Å². The number of benzene rings is 1. The Morgan fingerprint density at radius 2 is 2.00 bits per heavy atom. The molecule has 3 rings (SSSR count). The third-order valence-electron chi connectivity index (χ3n) is 4.35. The summed E-state index contributed by atoms with van der Waals surface area (Å²) < 4.78 is 5.98. The summed E-state index contributed by atoms with van der Waals surface area (Å²) >= 11 is 0. The van der Waals surface area contributed by atoms with Crippen LogP contribution in [-0.2, 0) is 4.74 Å². The first kappa shape index (κ1) is 17.4. The van der Waals surface area contributed by atoms with Gasteiger partial charge in [0.1, 0.15) is 5.56 Å². The third kappa shape index (κ3) is 3.81. The second-order valence-corrected chi connectivity index (χ2v) is 6.44. The quantitative estimate of drug-likeness (QED) is 0.916. The fraction of sp³-hybridized carbons (Fsp3) is 0.368. The van der Waals surface area contributed by atoms with E-state index >= 15 is 0 Å². The van der Waals surface area contributed by atoms with Gasteiger partial charge in [-0.2, -0.15) is 0 Å². The molecule has 1 N–H and O–H groups in total. The Hall–Kier alpha value is -2.44. The highest BCUT2D eigenvalue weighted by atomic mass is 16.5. The normalized spacial score (nSPS) is 20.7. The summed E-state index contributed by atoms with van der Waals surface area (Å²) in [5.41, 5.74) is 0.804. The van der Waals surface area contributed by atoms with Gasteiger partial charge in [0.25, 0.3) is 11.5 Å². The molecule has 1 saturated heterocycles. The Morgan fingerprint density at radius 1 is 1.24 bits per heavy atom. The fourth-order valence-electron chi connectivity index (χ4n) is 3.26. The van der Waals surface area contributed by atoms with Gasteiger partial charge < -0.3 is 19.5 Å². The topological polar surface area (TPSA) is 65.6 Å². The zero-order valence-corrected chi connectivity index (χ0v) is 14.5. The zero-order valence-electron chi connectivity index (χ0n) is 14.5. The van der Waals surface area contributed by atoms with Crippen molar-refractivity contribution in [3.63, 3.8) is 0 Å². The van der Waals surface area contributed by atoms with Crippen molar-refractivity contribution >= 4 is 5.91 Å². The SMILES string of the molecule is CN(C)C[C@@H]1OCCN(C(=O)c2ccc[nH]c2=O)[C@H]1c1ccccc1. The van der Waals surface area contributed by atoms with E-state index in [1.165, 1.54) is 6.20 Å². The lowest BCUT2D eigenvalue weighted by Crippen LogP contribution is -2.51. The fourth-order valence-corrected chi connectivity index (χ4v) is 3.26. The maximum Gasteiger partial charge on any atom is 0.260 e. The molecule has 0 saturated carbocycles. The molecule has 1 fully saturated rings. The first-order chi connectivity index (χ1) is 12.1. The molecule has 0 aliphatic carbocycles. The van der Waals surface area contributed by atoms with E-state index in [9.17, 15) is 9.59 Å². The second-order valence-electron chi connectivity index (χ2n) is 6.44. The van der Waals surface area contributed by atoms with Crippen LogP contribution in [0.5, 0.6) is 0 Å². The van der Waals surface area contributed by atoms with Crippen LogP contribution in [0.15, 0.2) is 53.5 Å². The average molecular weight is 341 g/mol. The van der Waals surface area contributed by atoms with Gasteiger partial charge in [0.2, 0.25) is 0 Å². The van der Waals surface area contributed by atoms with Crippen LogP contribution >= 0.6 is 0 Å². The first-order valence-corrected chi connectivity index (χ1v) is 8.38. The van der Waals surface area contributed by atoms with E-state index in [0.717, 1.165) is 5.56 Å². The monoisotopic (exact) mass is 341 g/mol. The van der Waals surface area contributed by atoms with Crippen molar-refractivity contribution in [3.8, 4) is 0 Å². The molecule has 132 valence electrons. The highest BCUT2D eigenvalue weighted by Crippen LogP contribution is 2.30. The molecular formula is C19H23N3O3. The number of carbonyl (C=O) groups is 1. The molecule has 0 unspecified atom stereocenters. The predicted molar refractivity (Wildman–Crippen MR) is 95.6 cm³/mol. The minimum absolute atomic E-state index is 0.155. The van der Waals surface area contributed by atoms with E-state index in [-0.39, 0.29) is 29.2 Å². The van der Waals surface area contributed by atoms with Crippen molar-refractivity contribution in [1.82, 2.24) is 14.8 Å². The Kier molecular flexibility index (Phi) is 5.31. The molecule has 1 aromatic heterocycles. The molecule has 6 heteroatoms. The number of aromatic nitrogens is 1. The van der Waals surface area contributed by atoms with Gasteiger partial charge >= 0.3 is 0 Å². The number of morpholine rings is 1. The summed E-state index contributed by atoms with van der Waals surface area (Å²) in [6, 6.07) is 12.9. The molecule has 0 spiro atoms. The van der Waals surface area contributed by atoms with E-state index in [4.69, 9.17) is 4.74 Å². The first-order valence-electron chi connectivity index (χ1n) is 8.38. The Labute approximate surface area is 147 Å². The minimum Gasteiger partial charge on any atom is -0.373 e. The summed E-state index contributed by atoms with van der Waals surface area (Å²) in [4.78, 5) is 31.5. The molecule has 2 atom stereocenters. The van der Waals surface area contributed by atoms with E-state index in [1.54, 1.807) is 17.0 Å². The summed E-state index contributed by atoms with van der Waals surface area (Å²) in [5.74, 6) is -0.261. The lowest BCUT2D eigenvalue weighted by atomic mass is 9.96. The standard InChI is InChI=1S/C19H23N3O3/c1-21(2)13-16-17(14-7-4-3-5-8-14)22(11-12-25-16)19(24)15-9-6-10-20-18(15)23/h3-10,16-17H,11-13H2,1-2H3,(H,20,23)/t16-,17-/m0/s1. The summed E-state index contributed by atoms with van der Waals surface area (Å²) in [7, 11) is 3.96. The summed E-state index contributed by atoms with van der Waals surface area (Å²) in [5, 5.41) is 0. The van der Waals surface area contributed by atoms with E-state index in [2.05, 4.69) is 4.98 Å². The Balaban J connectivity index is 1.99. The molecule has 25 heavy (non-hydrogen) atoms. The van der Waals surface area contributed by atoms with Crippen LogP contribution in [0.25, 0.3) is 0 Å². The van der Waals surface area contributed by atoms with Crippen molar-refractivity contribution in [1.29, 1.82) is 0 Å². The van der Waals surface area contributed by atoms with Crippen molar-refractivity contribution in [2.45, 2.75) is 12.1 Å². The number of rotatable bonds is 4. The highest BCUT2D eigenvalue weighted by molar-refractivity contribution is 5.94. The van der Waals surface area contributed by atoms with Crippen molar-refractivity contribution in [3.05, 3.63) is 70.1 Å². The number of H-pyrrole nitrogens is 1. The second kappa shape index (κ2) is 7.63. The van der Waals surface area contributed by atoms with Gasteiger partial charge in [-0.25, -0.2) is 0 Å². The maximum atomic E-state index is 13.1. The van der Waals surface area contributed by atoms with Crippen LogP contribution in [0, 0.1) is 0 Å². The van der Waals surface area contributed by atoms with Crippen molar-refractivity contribution in [2.24, 2.45) is 0 Å². The molecule has 1 aliphatic rings. The smallest absolute Gasteiger partial charge is 0.260 e. The summed E-state index contributed by atoms with van der Waals surface area (Å²) in [6.45, 7) is 1.60. The molecule has 0 bridgehead atoms. The van der Waals surface area contributed by atoms with E-state index in [1.807, 2.05) is 49.3 Å². The highest BCUT2D eigenvalue weighted by Gasteiger charge is 2.37. The lowest BCUT2D eigenvalue weighted by molar-refractivity contribution is -0.0685. The molecule has 1 amide bonds. The molecule has 1 aromatic carbocycles. The molecule has 6 nitrogen and oxygen atoms in total. The number of amides is 1. The van der Waals surface area contributed by atoms with Crippen LogP contribution in [0.4, 0.5) is 0 Å². The number of pyridine rings is 1. The Morgan fingerprint density at radius 3 is 2.68 bits per heavy atom. The number of nitrogens with one attached hydrogen (secondary N) is 1. The number of aromatic amines is 1. The molecule has 2 aromatic rings. The average Bonchev–Trinajstić information content (AvgIpc) is 2.61. The third-order valence-corrected chi connectivity index (χ3v) is 4.35. The van der Waals surface area contributed by atoms with E-state index in [0.29, 0.717) is 19.7 Å². The molecule has 2 heterocycles. The summed E-state index contributed by atoms with van der Waals surface area (Å²) in [6.07, 6.45) is 1.37. The van der Waals surface area contributed by atoms with Crippen molar-refractivity contribution < 1.29 is 9.53 Å². The maximum absolute atomic E-state index is 13.1. The number of hydrogen-bond acceptors (Lipinski definition) is 4. The van der Waals surface area contributed by atoms with E-state index < -0.39 is 0 Å². The van der Waals surface area contributed by atoms with Gasteiger partial charge in [0.15, 0.2) is 0 Å². The number of likely N-dealkylation sites (N-methyl/N-ethyl adjacent to an activating group) is 1. The molecular weight excluding hydrogens is 318 g/mol. The van der Waals surface area contributed by atoms with Gasteiger partial charge in [0, 0.05) is 19.3 Å². The van der Waals surface area contributed by atoms with Crippen molar-refractivity contribution in [2.75, 3.05) is 33.8 Å². The molecule has 1 aliphatic heterocycles. The zero-order chi connectivity index (χ0) is 17.8. The lowest BCUT2D eigenvalue weighted by Gasteiger charge is -2.42. The van der Waals surface area contributed by atoms with Gasteiger partial charge in [-0.05, 0) is 31.8 Å². The van der Waals surface area contributed by atoms with Gasteiger partial charge in [-0.3, -0.25) is 9.59 Å². The largest absolute Gasteiger partial charge is 0.373 e.